The molecule has 0 saturated carbocycles. The first-order chi connectivity index (χ1) is 12.5. The first-order valence-electron chi connectivity index (χ1n) is 8.78. The molecule has 26 heavy (non-hydrogen) atoms. The predicted octanol–water partition coefficient (Wildman–Crippen LogP) is 3.65. The molecule has 138 valence electrons. The molecule has 0 radical (unpaired) electrons. The first-order valence-corrected chi connectivity index (χ1v) is 8.78. The average molecular weight is 357 g/mol. The lowest BCUT2D eigenvalue weighted by Crippen LogP contribution is -2.46. The van der Waals surface area contributed by atoms with Crippen molar-refractivity contribution in [1.82, 2.24) is 4.90 Å². The zero-order valence-electron chi connectivity index (χ0n) is 14.9. The molecule has 1 heterocycles. The Morgan fingerprint density at radius 3 is 2.58 bits per heavy atom. The summed E-state index contributed by atoms with van der Waals surface area (Å²) in [6.07, 6.45) is 1.23. The predicted molar refractivity (Wildman–Crippen MR) is 100 cm³/mol. The van der Waals surface area contributed by atoms with Gasteiger partial charge in [0, 0.05) is 31.9 Å². The summed E-state index contributed by atoms with van der Waals surface area (Å²) in [5.74, 6) is -0.322. The van der Waals surface area contributed by atoms with E-state index in [1.54, 1.807) is 17.0 Å². The number of hydrogen-bond acceptors (Lipinski definition) is 4. The summed E-state index contributed by atoms with van der Waals surface area (Å²) < 4.78 is 19.5. The van der Waals surface area contributed by atoms with E-state index in [-0.39, 0.29) is 24.6 Å². The smallest absolute Gasteiger partial charge is 0.410 e. The highest BCUT2D eigenvalue weighted by Crippen LogP contribution is 2.26. The molecule has 0 unspecified atom stereocenters. The molecule has 1 fully saturated rings. The molecule has 1 aliphatic rings. The van der Waals surface area contributed by atoms with Gasteiger partial charge in [0.25, 0.3) is 0 Å². The number of ether oxygens (including phenoxy) is 1. The quantitative estimate of drug-likeness (QED) is 0.849. The van der Waals surface area contributed by atoms with E-state index in [1.165, 1.54) is 6.07 Å². The summed E-state index contributed by atoms with van der Waals surface area (Å²) in [4.78, 5) is 15.9. The van der Waals surface area contributed by atoms with Crippen LogP contribution in [0.4, 0.5) is 20.6 Å². The molecule has 1 amide bonds. The minimum atomic E-state index is -0.322. The van der Waals surface area contributed by atoms with Gasteiger partial charge >= 0.3 is 6.09 Å². The van der Waals surface area contributed by atoms with Gasteiger partial charge in [-0.2, -0.15) is 0 Å². The van der Waals surface area contributed by atoms with Crippen LogP contribution in [-0.2, 0) is 11.3 Å². The lowest BCUT2D eigenvalue weighted by Gasteiger charge is -2.37. The van der Waals surface area contributed by atoms with Gasteiger partial charge in [0.2, 0.25) is 0 Å². The minimum absolute atomic E-state index is 0.172. The van der Waals surface area contributed by atoms with Crippen LogP contribution in [0.1, 0.15) is 18.4 Å². The first kappa shape index (κ1) is 18.0. The van der Waals surface area contributed by atoms with Crippen LogP contribution in [0, 0.1) is 5.82 Å². The topological polar surface area (TPSA) is 58.8 Å². The van der Waals surface area contributed by atoms with Gasteiger partial charge in [0.15, 0.2) is 0 Å². The van der Waals surface area contributed by atoms with Crippen molar-refractivity contribution in [3.8, 4) is 0 Å². The number of carbonyl (C=O) groups is 1. The molecule has 2 aromatic rings. The number of nitrogen functional groups attached to an aromatic ring is 1. The van der Waals surface area contributed by atoms with E-state index in [1.807, 2.05) is 42.3 Å². The number of rotatable bonds is 4. The third-order valence-electron chi connectivity index (χ3n) is 4.83. The van der Waals surface area contributed by atoms with E-state index in [9.17, 15) is 9.18 Å². The van der Waals surface area contributed by atoms with Crippen LogP contribution < -0.4 is 10.6 Å². The number of likely N-dealkylation sites (tertiary alicyclic amines) is 1. The van der Waals surface area contributed by atoms with Crippen LogP contribution in [0.25, 0.3) is 0 Å². The Labute approximate surface area is 153 Å². The summed E-state index contributed by atoms with van der Waals surface area (Å²) in [6, 6.07) is 14.5. The number of halogens is 1. The van der Waals surface area contributed by atoms with Gasteiger partial charge in [-0.1, -0.05) is 30.3 Å². The van der Waals surface area contributed by atoms with Crippen LogP contribution >= 0.6 is 0 Å². The minimum Gasteiger partial charge on any atom is -0.445 e. The number of nitrogens with two attached hydrogens (primary N) is 1. The van der Waals surface area contributed by atoms with Crippen molar-refractivity contribution in [2.75, 3.05) is 30.8 Å². The number of anilines is 2. The van der Waals surface area contributed by atoms with E-state index in [0.29, 0.717) is 24.5 Å². The van der Waals surface area contributed by atoms with E-state index in [4.69, 9.17) is 10.5 Å². The molecule has 3 rings (SSSR count). The monoisotopic (exact) mass is 357 g/mol. The van der Waals surface area contributed by atoms with Crippen molar-refractivity contribution in [3.63, 3.8) is 0 Å². The molecule has 5 nitrogen and oxygen atoms in total. The summed E-state index contributed by atoms with van der Waals surface area (Å²) in [6.45, 7) is 1.47. The fourth-order valence-corrected chi connectivity index (χ4v) is 3.25. The maximum atomic E-state index is 14.1. The highest BCUT2D eigenvalue weighted by Gasteiger charge is 2.27. The van der Waals surface area contributed by atoms with Crippen molar-refractivity contribution in [2.24, 2.45) is 0 Å². The van der Waals surface area contributed by atoms with Gasteiger partial charge in [-0.3, -0.25) is 0 Å². The second-order valence-electron chi connectivity index (χ2n) is 6.58. The Balaban J connectivity index is 1.51. The van der Waals surface area contributed by atoms with Gasteiger partial charge in [-0.15, -0.1) is 0 Å². The number of nitrogens with zero attached hydrogens (tertiary/aromatic N) is 2. The normalized spacial score (nSPS) is 14.9. The van der Waals surface area contributed by atoms with Gasteiger partial charge in [0.05, 0.1) is 5.69 Å². The Morgan fingerprint density at radius 2 is 1.92 bits per heavy atom. The molecular formula is C20H24FN3O2. The summed E-state index contributed by atoms with van der Waals surface area (Å²) in [5, 5.41) is 0. The molecule has 0 spiro atoms. The molecule has 0 aliphatic carbocycles. The lowest BCUT2D eigenvalue weighted by atomic mass is 10.0. The van der Waals surface area contributed by atoms with Crippen LogP contribution in [0.3, 0.4) is 0 Å². The Hall–Kier alpha value is -2.76. The molecule has 2 aromatic carbocycles. The van der Waals surface area contributed by atoms with Crippen LogP contribution in [0.15, 0.2) is 48.5 Å². The van der Waals surface area contributed by atoms with Crippen molar-refractivity contribution in [3.05, 3.63) is 59.9 Å². The molecule has 1 aliphatic heterocycles. The van der Waals surface area contributed by atoms with Gasteiger partial charge in [-0.25, -0.2) is 9.18 Å². The Morgan fingerprint density at radius 1 is 1.23 bits per heavy atom. The largest absolute Gasteiger partial charge is 0.445 e. The number of hydrogen-bond donors (Lipinski definition) is 1. The Kier molecular flexibility index (Phi) is 5.61. The molecule has 6 heteroatoms. The molecule has 0 aromatic heterocycles. The van der Waals surface area contributed by atoms with Crippen LogP contribution in [0.2, 0.25) is 0 Å². The van der Waals surface area contributed by atoms with Gasteiger partial charge in [-0.05, 0) is 36.6 Å². The standard InChI is InChI=1S/C20H24FN3O2/c1-23(19-8-7-16(22)13-18(19)21)17-9-11-24(12-10-17)20(25)26-14-15-5-3-2-4-6-15/h2-8,13,17H,9-12,14,22H2,1H3. The lowest BCUT2D eigenvalue weighted by molar-refractivity contribution is 0.0870. The van der Waals surface area contributed by atoms with Crippen LogP contribution in [0.5, 0.6) is 0 Å². The van der Waals surface area contributed by atoms with Crippen molar-refractivity contribution in [1.29, 1.82) is 0 Å². The zero-order valence-corrected chi connectivity index (χ0v) is 14.9. The summed E-state index contributed by atoms with van der Waals surface area (Å²) >= 11 is 0. The average Bonchev–Trinajstić information content (AvgIpc) is 2.66. The molecular weight excluding hydrogens is 333 g/mol. The zero-order chi connectivity index (χ0) is 18.5. The van der Waals surface area contributed by atoms with E-state index < -0.39 is 0 Å². The molecule has 1 saturated heterocycles. The number of benzene rings is 2. The second kappa shape index (κ2) is 8.08. The summed E-state index contributed by atoms with van der Waals surface area (Å²) in [7, 11) is 1.88. The molecule has 0 atom stereocenters. The number of piperidine rings is 1. The van der Waals surface area contributed by atoms with E-state index in [0.717, 1.165) is 18.4 Å². The fraction of sp³-hybridized carbons (Fsp3) is 0.350. The highest BCUT2D eigenvalue weighted by atomic mass is 19.1. The van der Waals surface area contributed by atoms with Crippen molar-refractivity contribution < 1.29 is 13.9 Å². The second-order valence-corrected chi connectivity index (χ2v) is 6.58. The SMILES string of the molecule is CN(c1ccc(N)cc1F)C1CCN(C(=O)OCc2ccccc2)CC1. The molecule has 0 bridgehead atoms. The van der Waals surface area contributed by atoms with E-state index in [2.05, 4.69) is 0 Å². The third-order valence-corrected chi connectivity index (χ3v) is 4.83. The molecule has 2 N–H and O–H groups in total. The maximum Gasteiger partial charge on any atom is 0.410 e. The number of amides is 1. The maximum absolute atomic E-state index is 14.1. The fourth-order valence-electron chi connectivity index (χ4n) is 3.25. The van der Waals surface area contributed by atoms with Gasteiger partial charge < -0.3 is 20.3 Å². The summed E-state index contributed by atoms with van der Waals surface area (Å²) in [5.41, 5.74) is 7.52. The van der Waals surface area contributed by atoms with Gasteiger partial charge in [0.1, 0.15) is 12.4 Å². The highest BCUT2D eigenvalue weighted by molar-refractivity contribution is 5.67. The third kappa shape index (κ3) is 4.25. The van der Waals surface area contributed by atoms with Crippen LogP contribution in [-0.4, -0.2) is 37.2 Å². The van der Waals surface area contributed by atoms with Crippen molar-refractivity contribution in [2.45, 2.75) is 25.5 Å². The number of carbonyl (C=O) groups excluding carboxylic acids is 1. The van der Waals surface area contributed by atoms with Crippen molar-refractivity contribution >= 4 is 17.5 Å². The Bertz CT molecular complexity index is 746. The van der Waals surface area contributed by atoms with E-state index >= 15 is 0 Å².